The number of ether oxygens (including phenoxy) is 1. The van der Waals surface area contributed by atoms with Crippen LogP contribution in [0.5, 0.6) is 5.75 Å². The molecule has 0 fully saturated rings. The number of anilines is 1. The molecule has 0 atom stereocenters. The molecule has 33 heavy (non-hydrogen) atoms. The number of carbonyl (C=O) groups is 2. The number of aryl methyl sites for hydroxylation is 2. The highest BCUT2D eigenvalue weighted by Crippen LogP contribution is 2.22. The lowest BCUT2D eigenvalue weighted by atomic mass is 10.1. The summed E-state index contributed by atoms with van der Waals surface area (Å²) in [5, 5.41) is 14.6. The molecule has 1 heterocycles. The van der Waals surface area contributed by atoms with Crippen LogP contribution in [-0.4, -0.2) is 19.0 Å². The number of carboxylic acid groups (broad SMARTS) is 1. The van der Waals surface area contributed by atoms with Crippen molar-refractivity contribution >= 4 is 34.2 Å². The molecule has 1 amide bonds. The van der Waals surface area contributed by atoms with Crippen molar-refractivity contribution in [3.8, 4) is 5.75 Å². The second kappa shape index (κ2) is 9.00. The van der Waals surface area contributed by atoms with E-state index in [2.05, 4.69) is 10.3 Å². The number of carboxylic acids is 1. The Kier molecular flexibility index (Phi) is 5.95. The Morgan fingerprint density at radius 1 is 0.939 bits per heavy atom. The minimum Gasteiger partial charge on any atom is -0.545 e. The number of hydrogen-bond acceptors (Lipinski definition) is 6. The van der Waals surface area contributed by atoms with Gasteiger partial charge in [0.05, 0.1) is 18.8 Å². The molecule has 0 aliphatic carbocycles. The van der Waals surface area contributed by atoms with Gasteiger partial charge in [-0.1, -0.05) is 18.2 Å². The number of rotatable bonds is 5. The predicted octanol–water partition coefficient (Wildman–Crippen LogP) is 3.91. The third-order valence-corrected chi connectivity index (χ3v) is 5.01. The van der Waals surface area contributed by atoms with Crippen molar-refractivity contribution in [3.05, 3.63) is 94.5 Å². The molecule has 166 valence electrons. The highest BCUT2D eigenvalue weighted by molar-refractivity contribution is 6.05. The Morgan fingerprint density at radius 2 is 1.64 bits per heavy atom. The van der Waals surface area contributed by atoms with Gasteiger partial charge in [-0.3, -0.25) is 4.79 Å². The van der Waals surface area contributed by atoms with Gasteiger partial charge in [-0.25, -0.2) is 4.99 Å². The molecule has 4 rings (SSSR count). The third kappa shape index (κ3) is 4.93. The van der Waals surface area contributed by atoms with E-state index in [9.17, 15) is 14.7 Å². The molecule has 0 spiro atoms. The maximum atomic E-state index is 13.2. The molecular weight excluding hydrogens is 420 g/mol. The number of fused-ring (bicyclic) bond motifs is 1. The molecule has 1 aromatic heterocycles. The first-order chi connectivity index (χ1) is 15.8. The summed E-state index contributed by atoms with van der Waals surface area (Å²) in [5.41, 5.74) is 4.00. The Morgan fingerprint density at radius 3 is 2.27 bits per heavy atom. The molecule has 0 saturated heterocycles. The van der Waals surface area contributed by atoms with Crippen LogP contribution in [0.25, 0.3) is 11.0 Å². The van der Waals surface area contributed by atoms with E-state index in [1.807, 2.05) is 32.0 Å². The Balaban J connectivity index is 1.84. The molecule has 0 unspecified atom stereocenters. The molecule has 4 aromatic rings. The zero-order chi connectivity index (χ0) is 23.5. The van der Waals surface area contributed by atoms with Crippen molar-refractivity contribution in [3.63, 3.8) is 0 Å². The minimum atomic E-state index is -1.28. The van der Waals surface area contributed by atoms with Crippen LogP contribution >= 0.6 is 0 Å². The first-order valence-electron chi connectivity index (χ1n) is 10.2. The highest BCUT2D eigenvalue weighted by Gasteiger charge is 2.14. The first kappa shape index (κ1) is 21.8. The van der Waals surface area contributed by atoms with E-state index < -0.39 is 11.9 Å². The fourth-order valence-electron chi connectivity index (χ4n) is 3.52. The molecule has 0 aliphatic heterocycles. The molecule has 0 bridgehead atoms. The van der Waals surface area contributed by atoms with Crippen LogP contribution in [0.15, 0.2) is 76.1 Å². The zero-order valence-corrected chi connectivity index (χ0v) is 18.3. The fourth-order valence-corrected chi connectivity index (χ4v) is 3.52. The molecule has 1 N–H and O–H groups in total. The van der Waals surface area contributed by atoms with Gasteiger partial charge in [0.15, 0.2) is 0 Å². The maximum absolute atomic E-state index is 13.2. The van der Waals surface area contributed by atoms with Gasteiger partial charge in [-0.2, -0.15) is 0 Å². The van der Waals surface area contributed by atoms with Crippen LogP contribution in [0.4, 0.5) is 11.4 Å². The average Bonchev–Trinajstić information content (AvgIpc) is 2.78. The number of nitrogens with one attached hydrogen (secondary N) is 1. The van der Waals surface area contributed by atoms with E-state index in [-0.39, 0.29) is 16.7 Å². The van der Waals surface area contributed by atoms with Crippen molar-refractivity contribution < 1.29 is 23.8 Å². The number of aromatic carboxylic acids is 1. The summed E-state index contributed by atoms with van der Waals surface area (Å²) in [6.45, 7) is 3.91. The number of carbonyl (C=O) groups excluding carboxylic acids is 2. The summed E-state index contributed by atoms with van der Waals surface area (Å²) in [7, 11) is 1.56. The van der Waals surface area contributed by atoms with Crippen LogP contribution in [0, 0.1) is 13.8 Å². The summed E-state index contributed by atoms with van der Waals surface area (Å²) in [6, 6.07) is 18.5. The molecular formula is C26H21N2O5-. The van der Waals surface area contributed by atoms with E-state index in [4.69, 9.17) is 9.15 Å². The second-order valence-electron chi connectivity index (χ2n) is 7.65. The van der Waals surface area contributed by atoms with Crippen LogP contribution < -0.4 is 20.7 Å². The van der Waals surface area contributed by atoms with Gasteiger partial charge in [-0.05, 0) is 79.1 Å². The fraction of sp³-hybridized carbons (Fsp3) is 0.115. The monoisotopic (exact) mass is 441 g/mol. The minimum absolute atomic E-state index is 0.0317. The van der Waals surface area contributed by atoms with Crippen LogP contribution in [0.3, 0.4) is 0 Å². The molecule has 0 saturated carbocycles. The average molecular weight is 441 g/mol. The number of benzene rings is 3. The van der Waals surface area contributed by atoms with Gasteiger partial charge in [-0.15, -0.1) is 0 Å². The highest BCUT2D eigenvalue weighted by atomic mass is 16.5. The predicted molar refractivity (Wildman–Crippen MR) is 123 cm³/mol. The van der Waals surface area contributed by atoms with Gasteiger partial charge < -0.3 is 24.4 Å². The number of amides is 1. The van der Waals surface area contributed by atoms with Gasteiger partial charge in [0.25, 0.3) is 5.91 Å². The lowest BCUT2D eigenvalue weighted by Gasteiger charge is -2.09. The van der Waals surface area contributed by atoms with Crippen LogP contribution in [0.1, 0.15) is 31.8 Å². The smallest absolute Gasteiger partial charge is 0.261 e. The van der Waals surface area contributed by atoms with E-state index in [1.165, 1.54) is 24.3 Å². The van der Waals surface area contributed by atoms with Crippen LogP contribution in [0.2, 0.25) is 0 Å². The first-order valence-corrected chi connectivity index (χ1v) is 10.2. The SMILES string of the molecule is COc1ccc2oc(=Nc3ccc(C(=O)[O-])cc3)c(C(=O)Nc3cc(C)cc(C)c3)cc2c1. The molecule has 7 nitrogen and oxygen atoms in total. The van der Waals surface area contributed by atoms with Crippen molar-refractivity contribution in [2.75, 3.05) is 12.4 Å². The van der Waals surface area contributed by atoms with Gasteiger partial charge in [0, 0.05) is 11.1 Å². The zero-order valence-electron chi connectivity index (χ0n) is 18.3. The molecule has 0 radical (unpaired) electrons. The maximum Gasteiger partial charge on any atom is 0.261 e. The van der Waals surface area contributed by atoms with Crippen molar-refractivity contribution in [2.45, 2.75) is 13.8 Å². The summed E-state index contributed by atoms with van der Waals surface area (Å²) in [5.74, 6) is -1.04. The van der Waals surface area contributed by atoms with Gasteiger partial charge in [0.2, 0.25) is 5.55 Å². The summed E-state index contributed by atoms with van der Waals surface area (Å²) >= 11 is 0. The van der Waals surface area contributed by atoms with Gasteiger partial charge >= 0.3 is 0 Å². The topological polar surface area (TPSA) is 104 Å². The second-order valence-corrected chi connectivity index (χ2v) is 7.65. The van der Waals surface area contributed by atoms with Crippen LogP contribution in [-0.2, 0) is 0 Å². The third-order valence-electron chi connectivity index (χ3n) is 5.01. The van der Waals surface area contributed by atoms with E-state index in [1.54, 1.807) is 31.4 Å². The van der Waals surface area contributed by atoms with Gasteiger partial charge in [0.1, 0.15) is 16.9 Å². The number of methoxy groups -OCH3 is 1. The lowest BCUT2D eigenvalue weighted by molar-refractivity contribution is -0.255. The van der Waals surface area contributed by atoms with Crippen molar-refractivity contribution in [2.24, 2.45) is 4.99 Å². The van der Waals surface area contributed by atoms with E-state index in [0.29, 0.717) is 28.1 Å². The molecule has 7 heteroatoms. The van der Waals surface area contributed by atoms with E-state index in [0.717, 1.165) is 11.1 Å². The quantitative estimate of drug-likeness (QED) is 0.506. The standard InChI is InChI=1S/C26H22N2O5/c1-15-10-16(2)12-20(11-15)27-24(29)22-14-18-13-21(32-3)8-9-23(18)33-25(22)28-19-6-4-17(5-7-19)26(30)31/h4-14H,1-3H3,(H,27,29)(H,30,31)/p-1. The Bertz CT molecular complexity index is 1420. The molecule has 0 aliphatic rings. The van der Waals surface area contributed by atoms with Crippen molar-refractivity contribution in [1.82, 2.24) is 0 Å². The summed E-state index contributed by atoms with van der Waals surface area (Å²) in [6.07, 6.45) is 0. The largest absolute Gasteiger partial charge is 0.545 e. The Hall–Kier alpha value is -4.39. The normalized spacial score (nSPS) is 11.4. The molecule has 3 aromatic carbocycles. The summed E-state index contributed by atoms with van der Waals surface area (Å²) in [4.78, 5) is 28.7. The van der Waals surface area contributed by atoms with E-state index >= 15 is 0 Å². The lowest BCUT2D eigenvalue weighted by Crippen LogP contribution is -2.22. The Labute approximate surface area is 190 Å². The number of hydrogen-bond donors (Lipinski definition) is 1. The number of nitrogens with zero attached hydrogens (tertiary/aromatic N) is 1. The van der Waals surface area contributed by atoms with Crippen molar-refractivity contribution in [1.29, 1.82) is 0 Å². The summed E-state index contributed by atoms with van der Waals surface area (Å²) < 4.78 is 11.3.